The molecule has 2 aromatic carbocycles. The van der Waals surface area contributed by atoms with Crippen molar-refractivity contribution in [3.8, 4) is 0 Å². The van der Waals surface area contributed by atoms with Crippen LogP contribution in [0.5, 0.6) is 0 Å². The number of aliphatic hydroxyl groups excluding tert-OH is 1. The van der Waals surface area contributed by atoms with Gasteiger partial charge in [0.25, 0.3) is 0 Å². The molecule has 1 N–H and O–H groups in total. The third kappa shape index (κ3) is 4.04. The first-order chi connectivity index (χ1) is 15.7. The quantitative estimate of drug-likeness (QED) is 0.484. The van der Waals surface area contributed by atoms with Gasteiger partial charge in [0.15, 0.2) is 7.29 Å². The fraction of sp³-hybridized carbons (Fsp3) is 0.500. The van der Waals surface area contributed by atoms with Crippen molar-refractivity contribution >= 4 is 12.6 Å². The molecule has 2 aliphatic carbocycles. The van der Waals surface area contributed by atoms with Crippen molar-refractivity contribution in [3.63, 3.8) is 0 Å². The van der Waals surface area contributed by atoms with Crippen LogP contribution in [-0.2, 0) is 4.57 Å². The molecule has 0 saturated heterocycles. The van der Waals surface area contributed by atoms with Crippen LogP contribution in [0.3, 0.4) is 0 Å². The summed E-state index contributed by atoms with van der Waals surface area (Å²) in [6.45, 7) is 0. The maximum Gasteiger partial charge on any atom is 0.189 e. The smallest absolute Gasteiger partial charge is 0.189 e. The summed E-state index contributed by atoms with van der Waals surface area (Å²) >= 11 is 0. The van der Waals surface area contributed by atoms with Crippen LogP contribution < -0.4 is 0 Å². The van der Waals surface area contributed by atoms with Gasteiger partial charge in [0.1, 0.15) is 0 Å². The summed E-state index contributed by atoms with van der Waals surface area (Å²) < 4.78 is 18.2. The van der Waals surface area contributed by atoms with Crippen molar-refractivity contribution in [2.24, 2.45) is 0 Å². The second-order valence-electron chi connectivity index (χ2n) is 9.85. The van der Waals surface area contributed by atoms with Crippen molar-refractivity contribution in [2.75, 3.05) is 0 Å². The van der Waals surface area contributed by atoms with Gasteiger partial charge in [-0.15, -0.1) is 0 Å². The Hall–Kier alpha value is -1.67. The second kappa shape index (κ2) is 9.67. The minimum atomic E-state index is -3.09. The van der Waals surface area contributed by atoms with E-state index in [0.717, 1.165) is 42.1 Å². The van der Waals surface area contributed by atoms with E-state index in [2.05, 4.69) is 28.9 Å². The van der Waals surface area contributed by atoms with E-state index < -0.39 is 13.4 Å². The van der Waals surface area contributed by atoms with Crippen molar-refractivity contribution < 1.29 is 9.67 Å². The van der Waals surface area contributed by atoms with E-state index in [9.17, 15) is 5.11 Å². The van der Waals surface area contributed by atoms with E-state index in [-0.39, 0.29) is 5.66 Å². The van der Waals surface area contributed by atoms with Crippen LogP contribution >= 0.6 is 7.29 Å². The van der Waals surface area contributed by atoms with Crippen molar-refractivity contribution in [1.82, 2.24) is 4.67 Å². The number of hydrogen-bond donors (Lipinski definition) is 1. The molecule has 1 heterocycles. The standard InChI is InChI=1S/C28H36NO2P/c30-26-21-27(22-13-5-1-6-14-22)32(31,28(26)23-15-7-2-8-16-23)29(24-17-9-3-10-18-24)25-19-11-4-12-20-25/h1-2,5-8,13-16,21,24-26,28,30H,3-4,9-12,17-20H2/t26-,28+,32+/m0/s1. The molecule has 3 atom stereocenters. The molecule has 0 spiro atoms. The van der Waals surface area contributed by atoms with Gasteiger partial charge in [-0.25, -0.2) is 4.67 Å². The highest BCUT2D eigenvalue weighted by Gasteiger charge is 2.54. The van der Waals surface area contributed by atoms with E-state index in [1.165, 1.54) is 38.5 Å². The second-order valence-corrected chi connectivity index (χ2v) is 12.6. The zero-order valence-corrected chi connectivity index (χ0v) is 19.9. The van der Waals surface area contributed by atoms with E-state index in [0.29, 0.717) is 12.1 Å². The number of nitrogens with zero attached hydrogens (tertiary/aromatic N) is 1. The molecule has 0 amide bonds. The number of benzene rings is 2. The Balaban J connectivity index is 1.67. The molecule has 0 unspecified atom stereocenters. The molecular formula is C28H36NO2P. The Kier molecular flexibility index (Phi) is 6.69. The molecule has 2 saturated carbocycles. The summed E-state index contributed by atoms with van der Waals surface area (Å²) in [6, 6.07) is 21.0. The van der Waals surface area contributed by atoms with Gasteiger partial charge in [-0.1, -0.05) is 99.2 Å². The van der Waals surface area contributed by atoms with E-state index >= 15 is 4.57 Å². The first-order valence-electron chi connectivity index (χ1n) is 12.6. The topological polar surface area (TPSA) is 40.5 Å². The molecule has 2 aromatic rings. The largest absolute Gasteiger partial charge is 0.388 e. The lowest BCUT2D eigenvalue weighted by Gasteiger charge is -2.47. The monoisotopic (exact) mass is 449 g/mol. The number of aliphatic hydroxyl groups is 1. The summed E-state index contributed by atoms with van der Waals surface area (Å²) in [5, 5.41) is 12.3. The van der Waals surface area contributed by atoms with Gasteiger partial charge >= 0.3 is 0 Å². The molecule has 3 aliphatic rings. The molecule has 1 aliphatic heterocycles. The molecule has 2 fully saturated rings. The van der Waals surface area contributed by atoms with Crippen LogP contribution in [0.4, 0.5) is 0 Å². The molecule has 5 rings (SSSR count). The lowest BCUT2D eigenvalue weighted by Crippen LogP contribution is -2.44. The fourth-order valence-electron chi connectivity index (χ4n) is 6.40. The summed E-state index contributed by atoms with van der Waals surface area (Å²) in [7, 11) is -3.09. The normalized spacial score (nSPS) is 29.9. The van der Waals surface area contributed by atoms with Crippen LogP contribution in [0.25, 0.3) is 5.31 Å². The highest BCUT2D eigenvalue weighted by molar-refractivity contribution is 7.73. The lowest BCUT2D eigenvalue weighted by atomic mass is 9.91. The first kappa shape index (κ1) is 22.1. The van der Waals surface area contributed by atoms with Crippen LogP contribution in [0, 0.1) is 0 Å². The maximum absolute atomic E-state index is 15.7. The van der Waals surface area contributed by atoms with E-state index in [1.54, 1.807) is 0 Å². The van der Waals surface area contributed by atoms with Gasteiger partial charge < -0.3 is 9.67 Å². The van der Waals surface area contributed by atoms with Gasteiger partial charge in [0.05, 0.1) is 11.8 Å². The van der Waals surface area contributed by atoms with Crippen LogP contribution in [0.2, 0.25) is 0 Å². The predicted octanol–water partition coefficient (Wildman–Crippen LogP) is 7.39. The maximum atomic E-state index is 15.7. The summed E-state index contributed by atoms with van der Waals surface area (Å²) in [6.07, 6.45) is 13.1. The molecule has 0 radical (unpaired) electrons. The first-order valence-corrected chi connectivity index (χ1v) is 14.3. The number of hydrogen-bond acceptors (Lipinski definition) is 2. The minimum Gasteiger partial charge on any atom is -0.388 e. The van der Waals surface area contributed by atoms with Gasteiger partial charge in [-0.05, 0) is 42.9 Å². The molecular weight excluding hydrogens is 413 g/mol. The molecule has 32 heavy (non-hydrogen) atoms. The molecule has 0 aromatic heterocycles. The third-order valence-corrected chi connectivity index (χ3v) is 11.6. The number of rotatable bonds is 5. The minimum absolute atomic E-state index is 0.348. The lowest BCUT2D eigenvalue weighted by molar-refractivity contribution is 0.161. The third-order valence-electron chi connectivity index (χ3n) is 7.83. The Morgan fingerprint density at radius 3 is 1.75 bits per heavy atom. The van der Waals surface area contributed by atoms with Gasteiger partial charge in [-0.3, -0.25) is 0 Å². The van der Waals surface area contributed by atoms with Crippen molar-refractivity contribution in [2.45, 2.75) is 88.1 Å². The Morgan fingerprint density at radius 1 is 0.719 bits per heavy atom. The predicted molar refractivity (Wildman–Crippen MR) is 133 cm³/mol. The van der Waals surface area contributed by atoms with Gasteiger partial charge in [0.2, 0.25) is 0 Å². The zero-order valence-electron chi connectivity index (χ0n) is 19.0. The Morgan fingerprint density at radius 2 is 1.22 bits per heavy atom. The van der Waals surface area contributed by atoms with Crippen LogP contribution in [0.1, 0.15) is 81.0 Å². The molecule has 4 heteroatoms. The van der Waals surface area contributed by atoms with Crippen LogP contribution in [0.15, 0.2) is 66.7 Å². The van der Waals surface area contributed by atoms with Gasteiger partial charge in [0, 0.05) is 17.4 Å². The highest BCUT2D eigenvalue weighted by atomic mass is 31.2. The summed E-state index contributed by atoms with van der Waals surface area (Å²) in [4.78, 5) is 0. The van der Waals surface area contributed by atoms with Gasteiger partial charge in [-0.2, -0.15) is 0 Å². The molecule has 3 nitrogen and oxygen atoms in total. The average molecular weight is 450 g/mol. The van der Waals surface area contributed by atoms with Crippen molar-refractivity contribution in [1.29, 1.82) is 0 Å². The Bertz CT molecular complexity index is 943. The van der Waals surface area contributed by atoms with Crippen molar-refractivity contribution in [3.05, 3.63) is 77.9 Å². The van der Waals surface area contributed by atoms with Crippen LogP contribution in [-0.4, -0.2) is 28.0 Å². The Labute approximate surface area is 193 Å². The average Bonchev–Trinajstić information content (AvgIpc) is 3.12. The SMILES string of the molecule is O=[P@]1(N(C2CCCCC2)C2CCCCC2)C(c2ccccc2)=C[C@H](O)[C@H]1c1ccccc1. The fourth-order valence-corrected chi connectivity index (χ4v) is 10.6. The zero-order chi connectivity index (χ0) is 22.0. The summed E-state index contributed by atoms with van der Waals surface area (Å²) in [5.41, 5.74) is 1.62. The molecule has 170 valence electrons. The summed E-state index contributed by atoms with van der Waals surface area (Å²) in [5.74, 6) is 0. The molecule has 0 bridgehead atoms. The highest BCUT2D eigenvalue weighted by Crippen LogP contribution is 2.77. The van der Waals surface area contributed by atoms with E-state index in [1.807, 2.05) is 42.5 Å². The van der Waals surface area contributed by atoms with E-state index in [4.69, 9.17) is 0 Å².